The first-order valence-electron chi connectivity index (χ1n) is 10.4. The molecule has 0 aliphatic carbocycles. The Balaban J connectivity index is 0.000000406. The van der Waals surface area contributed by atoms with E-state index < -0.39 is 24.8 Å². The summed E-state index contributed by atoms with van der Waals surface area (Å²) < 4.78 is 57.8. The van der Waals surface area contributed by atoms with Gasteiger partial charge in [-0.15, -0.1) is 0 Å². The number of aromatic nitrogens is 1. The number of hydrogen-bond acceptors (Lipinski definition) is 5. The molecule has 1 N–H and O–H groups in total. The summed E-state index contributed by atoms with van der Waals surface area (Å²) in [6.45, 7) is 8.16. The van der Waals surface area contributed by atoms with Gasteiger partial charge in [-0.2, -0.15) is 13.2 Å². The standard InChI is InChI=1S/C20H22FN3O3.C2HF3O2/c1-22-13-3-4-19-17(7-13)18(10-24(19)6-5-21)20(25)27-16-8-14-11-26-12-15(9-16)23(14)2;3-2(4,5)1(6)7/h3-4,7,10,14-16H,5-6,8-9,11-12H2,2H3;(H,6,7). The number of carbonyl (C=O) groups is 2. The van der Waals surface area contributed by atoms with Gasteiger partial charge in [0.05, 0.1) is 31.9 Å². The Bertz CT molecular complexity index is 1080. The van der Waals surface area contributed by atoms with Crippen LogP contribution in [0.3, 0.4) is 0 Å². The molecule has 8 nitrogen and oxygen atoms in total. The van der Waals surface area contributed by atoms with E-state index in [2.05, 4.69) is 16.8 Å². The van der Waals surface area contributed by atoms with E-state index in [-0.39, 0.29) is 24.7 Å². The minimum absolute atomic E-state index is 0.156. The Hall–Kier alpha value is -3.17. The monoisotopic (exact) mass is 485 g/mol. The first kappa shape index (κ1) is 25.5. The average molecular weight is 485 g/mol. The molecule has 0 saturated carbocycles. The third-order valence-corrected chi connectivity index (χ3v) is 5.90. The molecular formula is C22H23F4N3O5. The number of carboxylic acid groups (broad SMARTS) is 1. The highest BCUT2D eigenvalue weighted by molar-refractivity contribution is 6.05. The second-order valence-corrected chi connectivity index (χ2v) is 8.05. The van der Waals surface area contributed by atoms with Crippen LogP contribution in [0.2, 0.25) is 0 Å². The van der Waals surface area contributed by atoms with Crippen LogP contribution in [0, 0.1) is 6.57 Å². The number of morpholine rings is 1. The van der Waals surface area contributed by atoms with Gasteiger partial charge in [0.2, 0.25) is 0 Å². The Morgan fingerprint density at radius 3 is 2.41 bits per heavy atom. The zero-order chi connectivity index (χ0) is 25.0. The molecule has 2 aliphatic heterocycles. The van der Waals surface area contributed by atoms with Crippen molar-refractivity contribution in [3.63, 3.8) is 0 Å². The lowest BCUT2D eigenvalue weighted by molar-refractivity contribution is -0.192. The lowest BCUT2D eigenvalue weighted by Crippen LogP contribution is -2.56. The molecule has 2 aliphatic rings. The predicted octanol–water partition coefficient (Wildman–Crippen LogP) is 3.81. The molecule has 34 heavy (non-hydrogen) atoms. The maximum atomic E-state index is 12.9. The number of carbonyl (C=O) groups excluding carboxylic acids is 1. The third kappa shape index (κ3) is 5.66. The molecule has 184 valence electrons. The first-order valence-corrected chi connectivity index (χ1v) is 10.4. The normalized spacial score (nSPS) is 22.4. The molecule has 12 heteroatoms. The molecule has 2 bridgehead atoms. The van der Waals surface area contributed by atoms with Crippen LogP contribution in [0.15, 0.2) is 24.4 Å². The summed E-state index contributed by atoms with van der Waals surface area (Å²) in [4.78, 5) is 27.5. The van der Waals surface area contributed by atoms with Crippen LogP contribution in [-0.4, -0.2) is 77.8 Å². The molecular weight excluding hydrogens is 462 g/mol. The minimum atomic E-state index is -5.08. The number of hydrogen-bond donors (Lipinski definition) is 1. The number of halogens is 4. The molecule has 2 unspecified atom stereocenters. The van der Waals surface area contributed by atoms with E-state index >= 15 is 0 Å². The second-order valence-electron chi connectivity index (χ2n) is 8.05. The number of aryl methyl sites for hydroxylation is 1. The van der Waals surface area contributed by atoms with Crippen molar-refractivity contribution < 1.29 is 41.7 Å². The molecule has 4 rings (SSSR count). The summed E-state index contributed by atoms with van der Waals surface area (Å²) >= 11 is 0. The number of fused-ring (bicyclic) bond motifs is 3. The van der Waals surface area contributed by atoms with E-state index in [0.29, 0.717) is 29.9 Å². The van der Waals surface area contributed by atoms with E-state index in [4.69, 9.17) is 25.9 Å². The molecule has 2 aromatic rings. The topological polar surface area (TPSA) is 85.4 Å². The molecule has 3 heterocycles. The molecule has 1 aromatic carbocycles. The van der Waals surface area contributed by atoms with Crippen molar-refractivity contribution in [2.75, 3.05) is 26.9 Å². The van der Waals surface area contributed by atoms with Crippen molar-refractivity contribution in [1.29, 1.82) is 0 Å². The van der Waals surface area contributed by atoms with Crippen molar-refractivity contribution in [2.45, 2.75) is 43.8 Å². The number of likely N-dealkylation sites (N-methyl/N-ethyl adjacent to an activating group) is 1. The van der Waals surface area contributed by atoms with Gasteiger partial charge in [-0.25, -0.2) is 18.8 Å². The van der Waals surface area contributed by atoms with E-state index in [1.54, 1.807) is 29.0 Å². The van der Waals surface area contributed by atoms with E-state index in [1.165, 1.54) is 0 Å². The number of carboxylic acids is 1. The minimum Gasteiger partial charge on any atom is -0.475 e. The number of rotatable bonds is 4. The van der Waals surface area contributed by atoms with Gasteiger partial charge in [-0.3, -0.25) is 4.90 Å². The van der Waals surface area contributed by atoms with Crippen molar-refractivity contribution >= 4 is 28.5 Å². The Kier molecular flexibility index (Phi) is 7.78. The Morgan fingerprint density at radius 2 is 1.88 bits per heavy atom. The number of alkyl halides is 4. The SMILES string of the molecule is O=C(O)C(F)(F)F.[C-]#[N+]c1ccc2c(c1)c(C(=O)OC1CC3COCC(C1)N3C)cn2CCF. The van der Waals surface area contributed by atoms with Gasteiger partial charge in [-0.05, 0) is 19.2 Å². The fourth-order valence-corrected chi connectivity index (χ4v) is 4.15. The zero-order valence-electron chi connectivity index (χ0n) is 18.2. The summed E-state index contributed by atoms with van der Waals surface area (Å²) in [7, 11) is 2.09. The fourth-order valence-electron chi connectivity index (χ4n) is 4.15. The highest BCUT2D eigenvalue weighted by atomic mass is 19.4. The summed E-state index contributed by atoms with van der Waals surface area (Å²) in [6, 6.07) is 5.63. The number of nitrogens with zero attached hydrogens (tertiary/aromatic N) is 3. The van der Waals surface area contributed by atoms with Gasteiger partial charge >= 0.3 is 18.1 Å². The van der Waals surface area contributed by atoms with Crippen LogP contribution < -0.4 is 0 Å². The highest BCUT2D eigenvalue weighted by Crippen LogP contribution is 2.31. The number of ether oxygens (including phenoxy) is 2. The Labute approximate surface area is 192 Å². The van der Waals surface area contributed by atoms with Crippen LogP contribution in [0.5, 0.6) is 0 Å². The van der Waals surface area contributed by atoms with Gasteiger partial charge in [-0.1, -0.05) is 6.07 Å². The third-order valence-electron chi connectivity index (χ3n) is 5.90. The van der Waals surface area contributed by atoms with Crippen LogP contribution in [0.25, 0.3) is 15.7 Å². The first-order chi connectivity index (χ1) is 16.0. The molecule has 1 aromatic heterocycles. The van der Waals surface area contributed by atoms with Crippen molar-refractivity contribution in [3.8, 4) is 0 Å². The van der Waals surface area contributed by atoms with Crippen LogP contribution in [0.4, 0.5) is 23.2 Å². The molecule has 2 fully saturated rings. The van der Waals surface area contributed by atoms with Crippen molar-refractivity contribution in [2.24, 2.45) is 0 Å². The van der Waals surface area contributed by atoms with Crippen LogP contribution in [0.1, 0.15) is 23.2 Å². The molecule has 2 atom stereocenters. The predicted molar refractivity (Wildman–Crippen MR) is 112 cm³/mol. The maximum absolute atomic E-state index is 12.9. The van der Waals surface area contributed by atoms with Crippen LogP contribution >= 0.6 is 0 Å². The summed E-state index contributed by atoms with van der Waals surface area (Å²) in [5, 5.41) is 7.76. The van der Waals surface area contributed by atoms with Crippen molar-refractivity contribution in [1.82, 2.24) is 9.47 Å². The number of aliphatic carboxylic acids is 1. The summed E-state index contributed by atoms with van der Waals surface area (Å²) in [5.41, 5.74) is 1.57. The summed E-state index contributed by atoms with van der Waals surface area (Å²) in [6.07, 6.45) is -2.11. The molecule has 0 amide bonds. The van der Waals surface area contributed by atoms with Crippen LogP contribution in [-0.2, 0) is 20.8 Å². The van der Waals surface area contributed by atoms with Gasteiger partial charge in [0, 0.05) is 42.0 Å². The van der Waals surface area contributed by atoms with Gasteiger partial charge in [0.1, 0.15) is 12.8 Å². The fraction of sp³-hybridized carbons (Fsp3) is 0.500. The number of benzene rings is 1. The number of piperidine rings is 1. The van der Waals surface area contributed by atoms with E-state index in [9.17, 15) is 22.4 Å². The maximum Gasteiger partial charge on any atom is 0.490 e. The van der Waals surface area contributed by atoms with Gasteiger partial charge in [0.15, 0.2) is 5.69 Å². The highest BCUT2D eigenvalue weighted by Gasteiger charge is 2.39. The van der Waals surface area contributed by atoms with Gasteiger partial charge in [0.25, 0.3) is 0 Å². The van der Waals surface area contributed by atoms with Crippen molar-refractivity contribution in [3.05, 3.63) is 41.4 Å². The molecule has 0 spiro atoms. The quantitative estimate of drug-likeness (QED) is 0.403. The average Bonchev–Trinajstić information content (AvgIpc) is 3.12. The molecule has 2 saturated heterocycles. The van der Waals surface area contributed by atoms with E-state index in [1.807, 2.05) is 0 Å². The zero-order valence-corrected chi connectivity index (χ0v) is 18.2. The lowest BCUT2D eigenvalue weighted by Gasteiger charge is -2.46. The van der Waals surface area contributed by atoms with Gasteiger partial charge < -0.3 is 19.1 Å². The number of esters is 1. The molecule has 0 radical (unpaired) electrons. The largest absolute Gasteiger partial charge is 0.490 e. The second kappa shape index (κ2) is 10.4. The smallest absolute Gasteiger partial charge is 0.475 e. The summed E-state index contributed by atoms with van der Waals surface area (Å²) in [5.74, 6) is -3.17. The Morgan fingerprint density at radius 1 is 1.26 bits per heavy atom. The lowest BCUT2D eigenvalue weighted by atomic mass is 9.92. The van der Waals surface area contributed by atoms with E-state index in [0.717, 1.165) is 18.4 Å².